The lowest BCUT2D eigenvalue weighted by Gasteiger charge is -2.30. The van der Waals surface area contributed by atoms with Crippen molar-refractivity contribution >= 4 is 11.6 Å². The van der Waals surface area contributed by atoms with Crippen molar-refractivity contribution in [3.63, 3.8) is 0 Å². The van der Waals surface area contributed by atoms with Crippen molar-refractivity contribution in [2.45, 2.75) is 20.0 Å². The monoisotopic (exact) mass is 282 g/mol. The van der Waals surface area contributed by atoms with Crippen LogP contribution in [0.2, 0.25) is 0 Å². The van der Waals surface area contributed by atoms with Crippen LogP contribution in [0.25, 0.3) is 0 Å². The van der Waals surface area contributed by atoms with Gasteiger partial charge in [-0.1, -0.05) is 30.3 Å². The van der Waals surface area contributed by atoms with Crippen molar-refractivity contribution < 1.29 is 9.53 Å². The van der Waals surface area contributed by atoms with E-state index in [1.165, 1.54) is 5.56 Å². The minimum Gasteiger partial charge on any atom is -0.482 e. The minimum absolute atomic E-state index is 0.0220. The summed E-state index contributed by atoms with van der Waals surface area (Å²) in [6.45, 7) is 3.15. The molecule has 0 bridgehead atoms. The Balaban J connectivity index is 1.96. The highest BCUT2D eigenvalue weighted by Gasteiger charge is 2.26. The van der Waals surface area contributed by atoms with Crippen LogP contribution in [0.15, 0.2) is 42.5 Å². The van der Waals surface area contributed by atoms with Gasteiger partial charge >= 0.3 is 0 Å². The van der Waals surface area contributed by atoms with Gasteiger partial charge < -0.3 is 15.4 Å². The van der Waals surface area contributed by atoms with Crippen LogP contribution >= 0.6 is 0 Å². The van der Waals surface area contributed by atoms with E-state index in [0.717, 1.165) is 22.6 Å². The first-order chi connectivity index (χ1) is 10.2. The molecule has 0 fully saturated rings. The Morgan fingerprint density at radius 1 is 1.24 bits per heavy atom. The number of anilines is 1. The molecule has 3 rings (SSSR count). The highest BCUT2D eigenvalue weighted by molar-refractivity contribution is 5.97. The van der Waals surface area contributed by atoms with Gasteiger partial charge in [0.15, 0.2) is 6.61 Å². The van der Waals surface area contributed by atoms with Crippen LogP contribution in [0, 0.1) is 6.92 Å². The minimum atomic E-state index is -0.0220. The summed E-state index contributed by atoms with van der Waals surface area (Å²) in [5, 5.41) is 0. The molecule has 1 aliphatic rings. The van der Waals surface area contributed by atoms with Crippen molar-refractivity contribution in [2.24, 2.45) is 5.73 Å². The predicted octanol–water partition coefficient (Wildman–Crippen LogP) is 2.38. The van der Waals surface area contributed by atoms with Crippen LogP contribution < -0.4 is 15.4 Å². The van der Waals surface area contributed by atoms with E-state index in [-0.39, 0.29) is 12.5 Å². The summed E-state index contributed by atoms with van der Waals surface area (Å²) in [4.78, 5) is 14.0. The van der Waals surface area contributed by atoms with E-state index in [0.29, 0.717) is 13.1 Å². The molecule has 1 amide bonds. The Hall–Kier alpha value is -2.33. The van der Waals surface area contributed by atoms with Crippen LogP contribution in [0.4, 0.5) is 5.69 Å². The molecule has 0 saturated carbocycles. The van der Waals surface area contributed by atoms with Gasteiger partial charge in [-0.05, 0) is 35.7 Å². The number of carbonyl (C=O) groups excluding carboxylic acids is 1. The van der Waals surface area contributed by atoms with Crippen molar-refractivity contribution in [1.82, 2.24) is 0 Å². The zero-order valence-corrected chi connectivity index (χ0v) is 12.0. The molecule has 1 heterocycles. The third-order valence-electron chi connectivity index (χ3n) is 3.79. The molecule has 0 aliphatic carbocycles. The van der Waals surface area contributed by atoms with Crippen LogP contribution in [-0.4, -0.2) is 12.5 Å². The molecule has 0 unspecified atom stereocenters. The fraction of sp³-hybridized carbons (Fsp3) is 0.235. The van der Waals surface area contributed by atoms with Crippen molar-refractivity contribution in [3.05, 3.63) is 59.2 Å². The zero-order valence-electron chi connectivity index (χ0n) is 12.0. The number of ether oxygens (including phenoxy) is 1. The number of aryl methyl sites for hydroxylation is 1. The number of amides is 1. The van der Waals surface area contributed by atoms with E-state index in [1.54, 1.807) is 4.90 Å². The molecule has 1 aliphatic heterocycles. The van der Waals surface area contributed by atoms with Gasteiger partial charge in [0.2, 0.25) is 0 Å². The average Bonchev–Trinajstić information content (AvgIpc) is 2.51. The normalized spacial score (nSPS) is 13.8. The maximum absolute atomic E-state index is 12.2. The summed E-state index contributed by atoms with van der Waals surface area (Å²) in [6.07, 6.45) is 0. The molecule has 2 aromatic rings. The quantitative estimate of drug-likeness (QED) is 0.940. The van der Waals surface area contributed by atoms with E-state index in [1.807, 2.05) is 36.4 Å². The summed E-state index contributed by atoms with van der Waals surface area (Å²) >= 11 is 0. The molecule has 108 valence electrons. The van der Waals surface area contributed by atoms with E-state index in [9.17, 15) is 4.79 Å². The number of benzene rings is 2. The van der Waals surface area contributed by atoms with E-state index < -0.39 is 0 Å². The zero-order chi connectivity index (χ0) is 14.8. The largest absolute Gasteiger partial charge is 0.482 e. The highest BCUT2D eigenvalue weighted by atomic mass is 16.5. The van der Waals surface area contributed by atoms with E-state index in [4.69, 9.17) is 10.5 Å². The van der Waals surface area contributed by atoms with Gasteiger partial charge in [-0.15, -0.1) is 0 Å². The fourth-order valence-electron chi connectivity index (χ4n) is 2.51. The molecule has 0 saturated heterocycles. The third kappa shape index (κ3) is 2.62. The molecule has 0 spiro atoms. The molecule has 0 radical (unpaired) electrons. The number of hydrogen-bond acceptors (Lipinski definition) is 3. The molecule has 0 atom stereocenters. The van der Waals surface area contributed by atoms with Gasteiger partial charge in [0.25, 0.3) is 5.91 Å². The van der Waals surface area contributed by atoms with Gasteiger partial charge in [-0.3, -0.25) is 4.79 Å². The lowest BCUT2D eigenvalue weighted by molar-refractivity contribution is -0.121. The highest BCUT2D eigenvalue weighted by Crippen LogP contribution is 2.34. The van der Waals surface area contributed by atoms with Crippen LogP contribution in [0.5, 0.6) is 5.75 Å². The summed E-state index contributed by atoms with van der Waals surface area (Å²) in [5.41, 5.74) is 9.78. The Kier molecular flexibility index (Phi) is 3.62. The Bertz CT molecular complexity index is 682. The Morgan fingerprint density at radius 2 is 2.05 bits per heavy atom. The molecule has 0 aromatic heterocycles. The van der Waals surface area contributed by atoms with Gasteiger partial charge in [0.05, 0.1) is 12.2 Å². The standard InChI is InChI=1S/C17H18N2O2/c1-12-4-2-3-5-14(12)10-19-15-7-6-13(9-18)8-16(15)21-11-17(19)20/h2-8H,9-11,18H2,1H3. The molecule has 4 heteroatoms. The Morgan fingerprint density at radius 3 is 2.81 bits per heavy atom. The number of nitrogens with zero attached hydrogens (tertiary/aromatic N) is 1. The first-order valence-electron chi connectivity index (χ1n) is 6.99. The maximum atomic E-state index is 12.2. The maximum Gasteiger partial charge on any atom is 0.265 e. The lowest BCUT2D eigenvalue weighted by atomic mass is 10.1. The molecule has 2 N–H and O–H groups in total. The first kappa shape index (κ1) is 13.6. The summed E-state index contributed by atoms with van der Waals surface area (Å²) in [6, 6.07) is 13.9. The smallest absolute Gasteiger partial charge is 0.265 e. The summed E-state index contributed by atoms with van der Waals surface area (Å²) in [5.74, 6) is 0.706. The molecule has 4 nitrogen and oxygen atoms in total. The molecule has 21 heavy (non-hydrogen) atoms. The molecule has 2 aromatic carbocycles. The number of fused-ring (bicyclic) bond motifs is 1. The molecular weight excluding hydrogens is 264 g/mol. The SMILES string of the molecule is Cc1ccccc1CN1C(=O)COc2cc(CN)ccc21. The predicted molar refractivity (Wildman–Crippen MR) is 82.2 cm³/mol. The number of carbonyl (C=O) groups is 1. The lowest BCUT2D eigenvalue weighted by Crippen LogP contribution is -2.38. The fourth-order valence-corrected chi connectivity index (χ4v) is 2.51. The van der Waals surface area contributed by atoms with Gasteiger partial charge in [-0.25, -0.2) is 0 Å². The average molecular weight is 282 g/mol. The first-order valence-corrected chi connectivity index (χ1v) is 6.99. The summed E-state index contributed by atoms with van der Waals surface area (Å²) in [7, 11) is 0. The summed E-state index contributed by atoms with van der Waals surface area (Å²) < 4.78 is 5.53. The second kappa shape index (κ2) is 5.58. The number of rotatable bonds is 3. The van der Waals surface area contributed by atoms with Gasteiger partial charge in [0.1, 0.15) is 5.75 Å². The van der Waals surface area contributed by atoms with Gasteiger partial charge in [0, 0.05) is 6.54 Å². The van der Waals surface area contributed by atoms with E-state index in [2.05, 4.69) is 13.0 Å². The van der Waals surface area contributed by atoms with Crippen molar-refractivity contribution in [3.8, 4) is 5.75 Å². The van der Waals surface area contributed by atoms with Crippen molar-refractivity contribution in [2.75, 3.05) is 11.5 Å². The van der Waals surface area contributed by atoms with Crippen molar-refractivity contribution in [1.29, 1.82) is 0 Å². The topological polar surface area (TPSA) is 55.6 Å². The third-order valence-corrected chi connectivity index (χ3v) is 3.79. The molecular formula is C17H18N2O2. The van der Waals surface area contributed by atoms with Gasteiger partial charge in [-0.2, -0.15) is 0 Å². The van der Waals surface area contributed by atoms with Crippen LogP contribution in [0.3, 0.4) is 0 Å². The Labute approximate surface area is 124 Å². The second-order valence-electron chi connectivity index (χ2n) is 5.20. The number of nitrogens with two attached hydrogens (primary N) is 1. The van der Waals surface area contributed by atoms with E-state index >= 15 is 0 Å². The van der Waals surface area contributed by atoms with Crippen LogP contribution in [0.1, 0.15) is 16.7 Å². The number of hydrogen-bond donors (Lipinski definition) is 1. The van der Waals surface area contributed by atoms with Crippen LogP contribution in [-0.2, 0) is 17.9 Å². The second-order valence-corrected chi connectivity index (χ2v) is 5.20.